The summed E-state index contributed by atoms with van der Waals surface area (Å²) in [5.74, 6) is -0.173. The SMILES string of the molecule is CO[C@H]1OC([C@H]2SCC(=O)N2C[C@@H]2O[C@@H](OC)[C@H](O)[C@@H]2O)[C@@H](O)[C@H](O)[C@H]1O. The van der Waals surface area contributed by atoms with Crippen LogP contribution in [0.2, 0.25) is 0 Å². The van der Waals surface area contributed by atoms with Crippen LogP contribution in [-0.2, 0) is 23.7 Å². The summed E-state index contributed by atoms with van der Waals surface area (Å²) in [6.07, 6.45) is -11.0. The molecule has 1 amide bonds. The Hall–Kier alpha value is -0.540. The van der Waals surface area contributed by atoms with Crippen LogP contribution in [0.25, 0.3) is 0 Å². The molecule has 3 aliphatic rings. The van der Waals surface area contributed by atoms with Crippen molar-refractivity contribution in [1.82, 2.24) is 4.90 Å². The van der Waals surface area contributed by atoms with Crippen LogP contribution >= 0.6 is 11.8 Å². The third kappa shape index (κ3) is 3.83. The molecule has 0 aromatic carbocycles. The summed E-state index contributed by atoms with van der Waals surface area (Å²) in [5.41, 5.74) is 0. The van der Waals surface area contributed by atoms with E-state index in [-0.39, 0.29) is 18.2 Å². The molecule has 1 unspecified atom stereocenters. The van der Waals surface area contributed by atoms with Gasteiger partial charge in [0.1, 0.15) is 48.1 Å². The van der Waals surface area contributed by atoms with Gasteiger partial charge in [0.05, 0.1) is 12.3 Å². The highest BCUT2D eigenvalue weighted by Gasteiger charge is 2.52. The van der Waals surface area contributed by atoms with Crippen molar-refractivity contribution < 1.29 is 49.3 Å². The van der Waals surface area contributed by atoms with Crippen molar-refractivity contribution in [2.24, 2.45) is 0 Å². The Bertz CT molecular complexity index is 539. The highest BCUT2D eigenvalue weighted by Crippen LogP contribution is 2.36. The summed E-state index contributed by atoms with van der Waals surface area (Å²) in [5, 5.41) is 49.6. The lowest BCUT2D eigenvalue weighted by Crippen LogP contribution is -2.63. The summed E-state index contributed by atoms with van der Waals surface area (Å²) in [7, 11) is 2.61. The Kier molecular flexibility index (Phi) is 6.63. The molecule has 156 valence electrons. The molecule has 0 spiro atoms. The molecule has 3 heterocycles. The number of nitrogens with zero attached hydrogens (tertiary/aromatic N) is 1. The lowest BCUT2D eigenvalue weighted by Gasteiger charge is -2.43. The smallest absolute Gasteiger partial charge is 0.233 e. The molecule has 10 atom stereocenters. The molecule has 0 radical (unpaired) electrons. The number of carbonyl (C=O) groups is 1. The van der Waals surface area contributed by atoms with E-state index in [0.717, 1.165) is 0 Å². The van der Waals surface area contributed by atoms with Gasteiger partial charge in [-0.15, -0.1) is 11.8 Å². The molecule has 0 aromatic heterocycles. The second-order valence-corrected chi connectivity index (χ2v) is 7.79. The molecule has 5 N–H and O–H groups in total. The van der Waals surface area contributed by atoms with Crippen LogP contribution < -0.4 is 0 Å². The number of rotatable bonds is 5. The van der Waals surface area contributed by atoms with E-state index < -0.39 is 60.7 Å². The zero-order valence-corrected chi connectivity index (χ0v) is 15.6. The molecule has 0 aliphatic carbocycles. The van der Waals surface area contributed by atoms with Crippen molar-refractivity contribution in [3.63, 3.8) is 0 Å². The molecule has 3 fully saturated rings. The maximum absolute atomic E-state index is 12.4. The fourth-order valence-corrected chi connectivity index (χ4v) is 4.79. The lowest BCUT2D eigenvalue weighted by molar-refractivity contribution is -0.293. The van der Waals surface area contributed by atoms with E-state index in [1.165, 1.54) is 30.9 Å². The second-order valence-electron chi connectivity index (χ2n) is 6.68. The maximum atomic E-state index is 12.4. The van der Waals surface area contributed by atoms with Crippen LogP contribution in [0, 0.1) is 0 Å². The molecular weight excluding hydrogens is 386 g/mol. The monoisotopic (exact) mass is 411 g/mol. The van der Waals surface area contributed by atoms with Crippen molar-refractivity contribution >= 4 is 17.7 Å². The van der Waals surface area contributed by atoms with Crippen molar-refractivity contribution in [2.45, 2.75) is 60.7 Å². The fraction of sp³-hybridized carbons (Fsp3) is 0.933. The van der Waals surface area contributed by atoms with Gasteiger partial charge in [-0.2, -0.15) is 0 Å². The standard InChI is InChI=1S/C15H25NO10S/c1-23-14-10(21)7(18)5(25-14)3-16-6(17)4-27-13(16)12-9(20)8(19)11(22)15(24-2)26-12/h5,7-15,18-22H,3-4H2,1-2H3/t5-,7+,8-,9-,10+,11+,12?,13+,14+,15-/m0/s1. The van der Waals surface area contributed by atoms with Gasteiger partial charge < -0.3 is 49.4 Å². The van der Waals surface area contributed by atoms with Crippen LogP contribution in [-0.4, -0.2) is 124 Å². The first-order valence-corrected chi connectivity index (χ1v) is 9.53. The summed E-state index contributed by atoms with van der Waals surface area (Å²) in [6, 6.07) is 0. The number of methoxy groups -OCH3 is 2. The average molecular weight is 411 g/mol. The first-order valence-electron chi connectivity index (χ1n) is 8.48. The molecule has 3 aliphatic heterocycles. The van der Waals surface area contributed by atoms with Crippen LogP contribution in [0.3, 0.4) is 0 Å². The predicted molar refractivity (Wildman–Crippen MR) is 89.3 cm³/mol. The Morgan fingerprint density at radius 3 is 2.15 bits per heavy atom. The third-order valence-corrected chi connectivity index (χ3v) is 6.33. The molecule has 11 nitrogen and oxygen atoms in total. The maximum Gasteiger partial charge on any atom is 0.233 e. The van der Waals surface area contributed by atoms with Gasteiger partial charge in [0.15, 0.2) is 12.6 Å². The number of hydrogen-bond donors (Lipinski definition) is 5. The lowest BCUT2D eigenvalue weighted by atomic mass is 9.98. The minimum Gasteiger partial charge on any atom is -0.387 e. The van der Waals surface area contributed by atoms with E-state index in [4.69, 9.17) is 18.9 Å². The second kappa shape index (κ2) is 8.45. The number of amides is 1. The van der Waals surface area contributed by atoms with Gasteiger partial charge in [0.2, 0.25) is 5.91 Å². The fourth-order valence-electron chi connectivity index (χ4n) is 3.51. The first-order chi connectivity index (χ1) is 12.8. The summed E-state index contributed by atoms with van der Waals surface area (Å²) in [4.78, 5) is 13.7. The van der Waals surface area contributed by atoms with E-state index in [0.29, 0.717) is 0 Å². The number of hydrogen-bond acceptors (Lipinski definition) is 11. The summed E-state index contributed by atoms with van der Waals surface area (Å²) in [6.45, 7) is -0.0720. The molecule has 0 bridgehead atoms. The number of aliphatic hydroxyl groups excluding tert-OH is 5. The number of ether oxygens (including phenoxy) is 4. The molecule has 0 saturated carbocycles. The van der Waals surface area contributed by atoms with Gasteiger partial charge in [-0.1, -0.05) is 0 Å². The minimum absolute atomic E-state index is 0.0720. The Morgan fingerprint density at radius 1 is 0.963 bits per heavy atom. The number of thioether (sulfide) groups is 1. The van der Waals surface area contributed by atoms with Crippen molar-refractivity contribution in [1.29, 1.82) is 0 Å². The quantitative estimate of drug-likeness (QED) is 0.305. The Balaban J connectivity index is 1.74. The van der Waals surface area contributed by atoms with Crippen LogP contribution in [0.4, 0.5) is 0 Å². The van der Waals surface area contributed by atoms with Gasteiger partial charge in [0, 0.05) is 14.2 Å². The molecule has 12 heteroatoms. The van der Waals surface area contributed by atoms with Crippen molar-refractivity contribution in [3.05, 3.63) is 0 Å². The zero-order valence-electron chi connectivity index (χ0n) is 14.8. The summed E-state index contributed by atoms with van der Waals surface area (Å²) < 4.78 is 21.0. The van der Waals surface area contributed by atoms with E-state index in [2.05, 4.69) is 0 Å². The molecule has 0 aromatic rings. The van der Waals surface area contributed by atoms with E-state index in [9.17, 15) is 30.3 Å². The Morgan fingerprint density at radius 2 is 1.56 bits per heavy atom. The highest BCUT2D eigenvalue weighted by molar-refractivity contribution is 8.01. The Labute approximate surface area is 159 Å². The van der Waals surface area contributed by atoms with Gasteiger partial charge in [-0.3, -0.25) is 4.79 Å². The van der Waals surface area contributed by atoms with E-state index in [1.54, 1.807) is 0 Å². The largest absolute Gasteiger partial charge is 0.387 e. The van der Waals surface area contributed by atoms with Crippen LogP contribution in [0.15, 0.2) is 0 Å². The van der Waals surface area contributed by atoms with Crippen LogP contribution in [0.1, 0.15) is 0 Å². The van der Waals surface area contributed by atoms with Gasteiger partial charge in [0.25, 0.3) is 0 Å². The molecular formula is C15H25NO10S. The molecule has 27 heavy (non-hydrogen) atoms. The van der Waals surface area contributed by atoms with Crippen molar-refractivity contribution in [3.8, 4) is 0 Å². The minimum atomic E-state index is -1.51. The average Bonchev–Trinajstić information content (AvgIpc) is 3.15. The van der Waals surface area contributed by atoms with Crippen molar-refractivity contribution in [2.75, 3.05) is 26.5 Å². The highest BCUT2D eigenvalue weighted by atomic mass is 32.2. The van der Waals surface area contributed by atoms with E-state index >= 15 is 0 Å². The molecule has 3 rings (SSSR count). The van der Waals surface area contributed by atoms with Gasteiger partial charge >= 0.3 is 0 Å². The zero-order chi connectivity index (χ0) is 19.9. The number of carbonyl (C=O) groups excluding carboxylic acids is 1. The topological polar surface area (TPSA) is 158 Å². The third-order valence-electron chi connectivity index (χ3n) is 5.05. The predicted octanol–water partition coefficient (Wildman–Crippen LogP) is -3.56. The van der Waals surface area contributed by atoms with Gasteiger partial charge in [-0.05, 0) is 0 Å². The first kappa shape index (κ1) is 21.2. The van der Waals surface area contributed by atoms with Crippen LogP contribution in [0.5, 0.6) is 0 Å². The molecule has 3 saturated heterocycles. The normalized spacial score (nSPS) is 48.4. The number of aliphatic hydroxyl groups is 5. The van der Waals surface area contributed by atoms with Gasteiger partial charge in [-0.25, -0.2) is 0 Å². The van der Waals surface area contributed by atoms with E-state index in [1.807, 2.05) is 0 Å². The summed E-state index contributed by atoms with van der Waals surface area (Å²) >= 11 is 1.19.